The Morgan fingerprint density at radius 2 is 0.540 bits per heavy atom. The van der Waals surface area contributed by atoms with Crippen molar-refractivity contribution in [3.05, 3.63) is 109 Å². The van der Waals surface area contributed by atoms with Crippen molar-refractivity contribution in [1.29, 1.82) is 0 Å². The summed E-state index contributed by atoms with van der Waals surface area (Å²) >= 11 is 0. The number of ether oxygens (including phenoxy) is 4. The standard InChI is InChI=1S/C81H140O17P2/c1-5-9-13-17-21-25-29-31-33-35-37-39-41-43-47-49-53-57-61-65-78(83)91-71-76(97-80(85)67-63-59-55-51-45-27-23-19-15-11-7-3)73-95-99(87,88)93-69-75(82)70-94-100(89,90)96-74-77(98-81(86)68-64-60-56-52-46-28-24-20-16-12-8-4)72-92-79(84)66-62-58-54-50-48-44-42-40-38-36-34-32-30-26-22-18-14-10-6-2/h9,13,21-22,25-26,31-34,37-40,43,47,53,57,75-77,82H,5-8,10-12,14-20,23-24,27-30,35-36,41-42,44-46,48-52,54-56,58-74H2,1-4H3,(H,87,88)(H,89,90)/b13-9-,25-21-,26-22-,33-31-,34-32-,39-37-,40-38-,47-43-,57-53-. The molecule has 0 aromatic carbocycles. The monoisotopic (exact) mass is 1450 g/mol. The second kappa shape index (κ2) is 73.0. The van der Waals surface area contributed by atoms with Crippen LogP contribution in [0.3, 0.4) is 0 Å². The lowest BCUT2D eigenvalue weighted by Crippen LogP contribution is -2.30. The first-order valence-electron chi connectivity index (χ1n) is 39.1. The average molecular weight is 1450 g/mol. The van der Waals surface area contributed by atoms with Gasteiger partial charge in [-0.15, -0.1) is 0 Å². The van der Waals surface area contributed by atoms with E-state index in [0.717, 1.165) is 141 Å². The first kappa shape index (κ1) is 95.7. The van der Waals surface area contributed by atoms with Gasteiger partial charge in [0.2, 0.25) is 0 Å². The topological polar surface area (TPSA) is 237 Å². The highest BCUT2D eigenvalue weighted by Crippen LogP contribution is 2.45. The lowest BCUT2D eigenvalue weighted by molar-refractivity contribution is -0.161. The van der Waals surface area contributed by atoms with E-state index in [1.807, 2.05) is 18.2 Å². The summed E-state index contributed by atoms with van der Waals surface area (Å²) in [6, 6.07) is 0. The van der Waals surface area contributed by atoms with Crippen molar-refractivity contribution >= 4 is 39.5 Å². The number of hydrogen-bond donors (Lipinski definition) is 3. The zero-order valence-electron chi connectivity index (χ0n) is 62.8. The minimum Gasteiger partial charge on any atom is -0.462 e. The van der Waals surface area contributed by atoms with Gasteiger partial charge in [-0.1, -0.05) is 304 Å². The van der Waals surface area contributed by atoms with Crippen molar-refractivity contribution in [2.75, 3.05) is 39.6 Å². The minimum atomic E-state index is -4.99. The molecule has 0 spiro atoms. The Morgan fingerprint density at radius 1 is 0.290 bits per heavy atom. The Morgan fingerprint density at radius 3 is 0.880 bits per heavy atom. The van der Waals surface area contributed by atoms with Crippen molar-refractivity contribution in [3.8, 4) is 0 Å². The van der Waals surface area contributed by atoms with Crippen molar-refractivity contribution in [2.24, 2.45) is 0 Å². The van der Waals surface area contributed by atoms with Crippen molar-refractivity contribution < 1.29 is 80.2 Å². The van der Waals surface area contributed by atoms with Crippen LogP contribution in [0.25, 0.3) is 0 Å². The second-order valence-corrected chi connectivity index (χ2v) is 28.8. The van der Waals surface area contributed by atoms with Crippen LogP contribution in [0.2, 0.25) is 0 Å². The third-order valence-electron chi connectivity index (χ3n) is 16.3. The van der Waals surface area contributed by atoms with Crippen LogP contribution in [-0.2, 0) is 65.4 Å². The number of carbonyl (C=O) groups excluding carboxylic acids is 4. The average Bonchev–Trinajstić information content (AvgIpc) is 0.953. The van der Waals surface area contributed by atoms with Gasteiger partial charge in [-0.05, 0) is 103 Å². The summed E-state index contributed by atoms with van der Waals surface area (Å²) in [7, 11) is -9.96. The first-order chi connectivity index (χ1) is 48.7. The molecule has 0 amide bonds. The SMILES string of the molecule is CC/C=C\C/C=C\C/C=C\C/C=C\C/C=C\C/C=C\CCC(=O)OCC(COP(=O)(O)OCC(O)COP(=O)(O)OCC(COC(=O)CCCCCCCC/C=C\C/C=C\C/C=C\CCCCC)OC(=O)CCCCCCCCCCCCC)OC(=O)CCCCCCCCCCCCC. The minimum absolute atomic E-state index is 0.0373. The molecule has 0 rings (SSSR count). The molecule has 0 saturated heterocycles. The number of esters is 4. The maximum absolute atomic E-state index is 13.1. The van der Waals surface area contributed by atoms with Crippen LogP contribution < -0.4 is 0 Å². The molecule has 0 aliphatic carbocycles. The van der Waals surface area contributed by atoms with E-state index in [1.54, 1.807) is 0 Å². The molecule has 5 unspecified atom stereocenters. The molecular formula is C81H140O17P2. The number of allylic oxidation sites excluding steroid dienone is 18. The van der Waals surface area contributed by atoms with E-state index in [4.69, 9.17) is 37.0 Å². The maximum atomic E-state index is 13.1. The summed E-state index contributed by atoms with van der Waals surface area (Å²) in [6.45, 7) is 4.64. The molecule has 0 bridgehead atoms. The van der Waals surface area contributed by atoms with Crippen molar-refractivity contribution in [2.45, 2.75) is 341 Å². The highest BCUT2D eigenvalue weighted by atomic mass is 31.2. The highest BCUT2D eigenvalue weighted by Gasteiger charge is 2.30. The number of aliphatic hydroxyl groups is 1. The van der Waals surface area contributed by atoms with E-state index in [9.17, 15) is 43.2 Å². The van der Waals surface area contributed by atoms with Crippen LogP contribution in [0.15, 0.2) is 109 Å². The summed E-state index contributed by atoms with van der Waals surface area (Å²) < 4.78 is 68.4. The number of rotatable bonds is 73. The predicted molar refractivity (Wildman–Crippen MR) is 408 cm³/mol. The zero-order chi connectivity index (χ0) is 73.2. The Hall–Kier alpha value is -4.28. The Labute approximate surface area is 607 Å². The number of unbranched alkanes of at least 4 members (excludes halogenated alkanes) is 29. The fourth-order valence-electron chi connectivity index (χ4n) is 10.3. The van der Waals surface area contributed by atoms with Crippen LogP contribution in [0, 0.1) is 0 Å². The van der Waals surface area contributed by atoms with Gasteiger partial charge in [0.05, 0.1) is 26.4 Å². The van der Waals surface area contributed by atoms with Gasteiger partial charge in [0.15, 0.2) is 12.2 Å². The van der Waals surface area contributed by atoms with Gasteiger partial charge >= 0.3 is 39.5 Å². The van der Waals surface area contributed by atoms with Gasteiger partial charge in [0.25, 0.3) is 0 Å². The fraction of sp³-hybridized carbons (Fsp3) is 0.728. The van der Waals surface area contributed by atoms with Gasteiger partial charge < -0.3 is 33.8 Å². The molecule has 19 heteroatoms. The van der Waals surface area contributed by atoms with E-state index in [1.165, 1.54) is 96.3 Å². The lowest BCUT2D eigenvalue weighted by Gasteiger charge is -2.21. The molecule has 17 nitrogen and oxygen atoms in total. The van der Waals surface area contributed by atoms with Crippen LogP contribution >= 0.6 is 15.6 Å². The van der Waals surface area contributed by atoms with Gasteiger partial charge in [0.1, 0.15) is 19.3 Å². The zero-order valence-corrected chi connectivity index (χ0v) is 64.6. The number of carbonyl (C=O) groups is 4. The van der Waals surface area contributed by atoms with E-state index in [-0.39, 0.29) is 25.7 Å². The van der Waals surface area contributed by atoms with E-state index >= 15 is 0 Å². The van der Waals surface area contributed by atoms with E-state index in [0.29, 0.717) is 32.1 Å². The highest BCUT2D eigenvalue weighted by molar-refractivity contribution is 7.47. The van der Waals surface area contributed by atoms with Gasteiger partial charge in [0, 0.05) is 25.7 Å². The van der Waals surface area contributed by atoms with Crippen molar-refractivity contribution in [3.63, 3.8) is 0 Å². The number of phosphoric ester groups is 2. The molecule has 0 saturated carbocycles. The van der Waals surface area contributed by atoms with Gasteiger partial charge in [-0.3, -0.25) is 37.3 Å². The molecule has 0 radical (unpaired) electrons. The Kier molecular flexibility index (Phi) is 69.9. The fourth-order valence-corrected chi connectivity index (χ4v) is 11.9. The number of aliphatic hydroxyl groups excluding tert-OH is 1. The summed E-state index contributed by atoms with van der Waals surface area (Å²) in [4.78, 5) is 72.8. The molecule has 5 atom stereocenters. The lowest BCUT2D eigenvalue weighted by atomic mass is 10.1. The van der Waals surface area contributed by atoms with Crippen LogP contribution in [0.5, 0.6) is 0 Å². The Bertz CT molecular complexity index is 2320. The quantitative estimate of drug-likeness (QED) is 0.0169. The van der Waals surface area contributed by atoms with E-state index in [2.05, 4.69) is 119 Å². The second-order valence-electron chi connectivity index (χ2n) is 25.9. The summed E-state index contributed by atoms with van der Waals surface area (Å²) in [5.41, 5.74) is 0. The normalized spacial score (nSPS) is 14.5. The molecule has 0 heterocycles. The molecule has 576 valence electrons. The number of phosphoric acid groups is 2. The summed E-state index contributed by atoms with van der Waals surface area (Å²) in [5, 5.41) is 10.6. The Balaban J connectivity index is 5.33. The van der Waals surface area contributed by atoms with Crippen LogP contribution in [0.1, 0.15) is 323 Å². The molecule has 100 heavy (non-hydrogen) atoms. The van der Waals surface area contributed by atoms with Crippen LogP contribution in [-0.4, -0.2) is 96.7 Å². The molecule has 0 aliphatic rings. The van der Waals surface area contributed by atoms with Gasteiger partial charge in [-0.25, -0.2) is 9.13 Å². The predicted octanol–water partition coefficient (Wildman–Crippen LogP) is 22.6. The molecule has 0 aromatic rings. The third-order valence-corrected chi connectivity index (χ3v) is 18.2. The smallest absolute Gasteiger partial charge is 0.462 e. The molecular weight excluding hydrogens is 1310 g/mol. The third kappa shape index (κ3) is 72.1. The van der Waals surface area contributed by atoms with Crippen molar-refractivity contribution in [1.82, 2.24) is 0 Å². The largest absolute Gasteiger partial charge is 0.472 e. The molecule has 0 fully saturated rings. The number of hydrogen-bond acceptors (Lipinski definition) is 15. The molecule has 0 aliphatic heterocycles. The molecule has 3 N–H and O–H groups in total. The maximum Gasteiger partial charge on any atom is 0.472 e. The van der Waals surface area contributed by atoms with E-state index < -0.39 is 97.5 Å². The van der Waals surface area contributed by atoms with Gasteiger partial charge in [-0.2, -0.15) is 0 Å². The summed E-state index contributed by atoms with van der Waals surface area (Å²) in [5.74, 6) is -2.27. The summed E-state index contributed by atoms with van der Waals surface area (Å²) in [6.07, 6.45) is 78.1. The first-order valence-corrected chi connectivity index (χ1v) is 42.1. The van der Waals surface area contributed by atoms with Crippen LogP contribution in [0.4, 0.5) is 0 Å². The molecule has 0 aromatic heterocycles.